The van der Waals surface area contributed by atoms with Crippen molar-refractivity contribution in [2.24, 2.45) is 7.05 Å². The summed E-state index contributed by atoms with van der Waals surface area (Å²) in [5.41, 5.74) is 2.68. The van der Waals surface area contributed by atoms with Crippen molar-refractivity contribution in [1.82, 2.24) is 4.98 Å². The minimum Gasteiger partial charge on any atom is -0.432 e. The molecule has 78 valence electrons. The van der Waals surface area contributed by atoms with Crippen LogP contribution in [0.4, 0.5) is 0 Å². The highest BCUT2D eigenvalue weighted by atomic mass is 16.3. The number of pyridine rings is 1. The molecule has 0 aliphatic heterocycles. The van der Waals surface area contributed by atoms with Gasteiger partial charge in [0.2, 0.25) is 0 Å². The average molecular weight is 211 g/mol. The highest BCUT2D eigenvalue weighted by Gasteiger charge is 2.15. The van der Waals surface area contributed by atoms with Crippen LogP contribution in [0.5, 0.6) is 0 Å². The van der Waals surface area contributed by atoms with E-state index in [-0.39, 0.29) is 0 Å². The summed E-state index contributed by atoms with van der Waals surface area (Å²) in [5, 5.41) is 0. The molecule has 0 N–H and O–H groups in total. The summed E-state index contributed by atoms with van der Waals surface area (Å²) in [6.07, 6.45) is 1.98. The van der Waals surface area contributed by atoms with Gasteiger partial charge in [0.15, 0.2) is 11.8 Å². The average Bonchev–Trinajstić information content (AvgIpc) is 2.73. The van der Waals surface area contributed by atoms with Crippen LogP contribution >= 0.6 is 0 Å². The third-order valence-corrected chi connectivity index (χ3v) is 2.57. The Hall–Kier alpha value is -2.16. The number of nitrogens with zero attached hydrogens (tertiary/aromatic N) is 2. The standard InChI is InChI=1S/C13H11N2O/c1-15-9-5-4-7-11(15)13-14-10-6-2-3-8-12(10)16-13/h2-9H,1H3/q+1. The fraction of sp³-hybridized carbons (Fsp3) is 0.0769. The van der Waals surface area contributed by atoms with Crippen molar-refractivity contribution in [3.63, 3.8) is 0 Å². The van der Waals surface area contributed by atoms with E-state index in [4.69, 9.17) is 4.42 Å². The number of para-hydroxylation sites is 2. The molecule has 0 bridgehead atoms. The summed E-state index contributed by atoms with van der Waals surface area (Å²) in [4.78, 5) is 4.46. The van der Waals surface area contributed by atoms with Crippen LogP contribution in [0, 0.1) is 0 Å². The molecule has 0 amide bonds. The zero-order valence-electron chi connectivity index (χ0n) is 8.92. The summed E-state index contributed by atoms with van der Waals surface area (Å²) in [6, 6.07) is 13.7. The molecule has 3 aromatic rings. The quantitative estimate of drug-likeness (QED) is 0.578. The second-order valence-corrected chi connectivity index (χ2v) is 3.68. The third kappa shape index (κ3) is 1.37. The van der Waals surface area contributed by atoms with E-state index in [0.29, 0.717) is 5.89 Å². The SMILES string of the molecule is C[n+]1ccccc1-c1nc2ccccc2o1. The topological polar surface area (TPSA) is 29.9 Å². The molecule has 0 fully saturated rings. The number of rotatable bonds is 1. The van der Waals surface area contributed by atoms with Gasteiger partial charge in [-0.2, -0.15) is 4.57 Å². The summed E-state index contributed by atoms with van der Waals surface area (Å²) < 4.78 is 7.69. The fourth-order valence-electron chi connectivity index (χ4n) is 1.73. The van der Waals surface area contributed by atoms with E-state index in [1.807, 2.05) is 60.3 Å². The van der Waals surface area contributed by atoms with Crippen LogP contribution in [0.3, 0.4) is 0 Å². The molecule has 0 aliphatic rings. The van der Waals surface area contributed by atoms with Crippen molar-refractivity contribution in [3.05, 3.63) is 48.7 Å². The highest BCUT2D eigenvalue weighted by Crippen LogP contribution is 2.20. The molecular formula is C13H11N2O+. The van der Waals surface area contributed by atoms with Gasteiger partial charge in [-0.15, -0.1) is 0 Å². The lowest BCUT2D eigenvalue weighted by Crippen LogP contribution is -2.29. The second-order valence-electron chi connectivity index (χ2n) is 3.68. The second kappa shape index (κ2) is 3.45. The van der Waals surface area contributed by atoms with Crippen molar-refractivity contribution in [1.29, 1.82) is 0 Å². The molecule has 16 heavy (non-hydrogen) atoms. The maximum absolute atomic E-state index is 5.70. The molecule has 3 nitrogen and oxygen atoms in total. The van der Waals surface area contributed by atoms with Gasteiger partial charge in [0.05, 0.1) is 0 Å². The summed E-state index contributed by atoms with van der Waals surface area (Å²) >= 11 is 0. The molecule has 2 aromatic heterocycles. The van der Waals surface area contributed by atoms with Gasteiger partial charge in [-0.1, -0.05) is 12.1 Å². The first-order chi connectivity index (χ1) is 7.84. The maximum Gasteiger partial charge on any atom is 0.294 e. The number of aryl methyl sites for hydroxylation is 1. The molecule has 0 aliphatic carbocycles. The zero-order chi connectivity index (χ0) is 11.0. The van der Waals surface area contributed by atoms with Gasteiger partial charge in [0.25, 0.3) is 11.6 Å². The smallest absolute Gasteiger partial charge is 0.294 e. The van der Waals surface area contributed by atoms with Gasteiger partial charge in [0, 0.05) is 12.1 Å². The highest BCUT2D eigenvalue weighted by molar-refractivity contribution is 5.74. The number of hydrogen-bond donors (Lipinski definition) is 0. The monoisotopic (exact) mass is 211 g/mol. The lowest BCUT2D eigenvalue weighted by Gasteiger charge is -1.92. The van der Waals surface area contributed by atoms with Crippen LogP contribution in [0.2, 0.25) is 0 Å². The number of benzene rings is 1. The number of aromatic nitrogens is 2. The minimum absolute atomic E-state index is 0.657. The van der Waals surface area contributed by atoms with Crippen LogP contribution < -0.4 is 4.57 Å². The predicted molar refractivity (Wildman–Crippen MR) is 60.6 cm³/mol. The largest absolute Gasteiger partial charge is 0.432 e. The summed E-state index contributed by atoms with van der Waals surface area (Å²) in [5.74, 6) is 0.657. The summed E-state index contributed by atoms with van der Waals surface area (Å²) in [6.45, 7) is 0. The van der Waals surface area contributed by atoms with E-state index in [2.05, 4.69) is 4.98 Å². The van der Waals surface area contributed by atoms with Gasteiger partial charge in [0.1, 0.15) is 12.6 Å². The predicted octanol–water partition coefficient (Wildman–Crippen LogP) is 2.32. The Bertz CT molecular complexity index is 610. The minimum atomic E-state index is 0.657. The molecule has 0 saturated heterocycles. The van der Waals surface area contributed by atoms with E-state index in [0.717, 1.165) is 16.8 Å². The first-order valence-corrected chi connectivity index (χ1v) is 5.15. The Morgan fingerprint density at radius 1 is 1.06 bits per heavy atom. The van der Waals surface area contributed by atoms with Gasteiger partial charge < -0.3 is 4.42 Å². The molecule has 0 saturated carbocycles. The number of oxazole rings is 1. The summed E-state index contributed by atoms with van der Waals surface area (Å²) in [7, 11) is 1.98. The first-order valence-electron chi connectivity index (χ1n) is 5.15. The van der Waals surface area contributed by atoms with Crippen molar-refractivity contribution < 1.29 is 8.98 Å². The molecule has 0 atom stereocenters. The fourth-order valence-corrected chi connectivity index (χ4v) is 1.73. The van der Waals surface area contributed by atoms with E-state index in [1.54, 1.807) is 0 Å². The lowest BCUT2D eigenvalue weighted by molar-refractivity contribution is -0.661. The Morgan fingerprint density at radius 3 is 2.69 bits per heavy atom. The van der Waals surface area contributed by atoms with E-state index in [9.17, 15) is 0 Å². The third-order valence-electron chi connectivity index (χ3n) is 2.57. The van der Waals surface area contributed by atoms with Crippen molar-refractivity contribution >= 4 is 11.1 Å². The van der Waals surface area contributed by atoms with Gasteiger partial charge in [-0.3, -0.25) is 0 Å². The van der Waals surface area contributed by atoms with Gasteiger partial charge >= 0.3 is 0 Å². The van der Waals surface area contributed by atoms with Crippen LogP contribution in [0.1, 0.15) is 0 Å². The molecule has 3 rings (SSSR count). The van der Waals surface area contributed by atoms with Crippen LogP contribution in [0.15, 0.2) is 53.1 Å². The molecular weight excluding hydrogens is 200 g/mol. The van der Waals surface area contributed by atoms with Crippen molar-refractivity contribution in [2.75, 3.05) is 0 Å². The molecule has 0 unspecified atom stereocenters. The van der Waals surface area contributed by atoms with Crippen LogP contribution in [-0.4, -0.2) is 4.98 Å². The maximum atomic E-state index is 5.70. The molecule has 0 spiro atoms. The van der Waals surface area contributed by atoms with E-state index >= 15 is 0 Å². The molecule has 2 heterocycles. The van der Waals surface area contributed by atoms with Crippen LogP contribution in [-0.2, 0) is 7.05 Å². The van der Waals surface area contributed by atoms with Crippen LogP contribution in [0.25, 0.3) is 22.7 Å². The van der Waals surface area contributed by atoms with E-state index < -0.39 is 0 Å². The molecule has 0 radical (unpaired) electrons. The lowest BCUT2D eigenvalue weighted by atomic mass is 10.3. The van der Waals surface area contributed by atoms with Crippen molar-refractivity contribution in [2.45, 2.75) is 0 Å². The number of fused-ring (bicyclic) bond motifs is 1. The first kappa shape index (κ1) is 9.09. The Morgan fingerprint density at radius 2 is 1.88 bits per heavy atom. The normalized spacial score (nSPS) is 10.8. The van der Waals surface area contributed by atoms with Gasteiger partial charge in [-0.05, 0) is 18.2 Å². The van der Waals surface area contributed by atoms with Gasteiger partial charge in [-0.25, -0.2) is 4.98 Å². The zero-order valence-corrected chi connectivity index (χ0v) is 8.92. The molecule has 1 aromatic carbocycles. The molecule has 3 heteroatoms. The Kier molecular flexibility index (Phi) is 1.96. The Labute approximate surface area is 93.0 Å². The van der Waals surface area contributed by atoms with E-state index in [1.165, 1.54) is 0 Å². The Balaban J connectivity index is 2.23. The van der Waals surface area contributed by atoms with Crippen molar-refractivity contribution in [3.8, 4) is 11.6 Å². The number of hydrogen-bond acceptors (Lipinski definition) is 2.